The molecule has 20 heavy (non-hydrogen) atoms. The van der Waals surface area contributed by atoms with Crippen LogP contribution >= 0.6 is 11.6 Å². The van der Waals surface area contributed by atoms with Gasteiger partial charge in [0.1, 0.15) is 0 Å². The standard InChI is InChI=1S/C15H12ClNO3/c1-8-2-3-9(15(19)20)6-12(8)14(18)11-5-4-10(17)7-13(11)16/h2-7H,17H2,1H3,(H,19,20). The van der Waals surface area contributed by atoms with Crippen LogP contribution in [0.4, 0.5) is 5.69 Å². The Labute approximate surface area is 120 Å². The van der Waals surface area contributed by atoms with E-state index >= 15 is 0 Å². The van der Waals surface area contributed by atoms with Crippen LogP contribution in [0.5, 0.6) is 0 Å². The average Bonchev–Trinajstić information content (AvgIpc) is 2.38. The van der Waals surface area contributed by atoms with E-state index < -0.39 is 5.97 Å². The van der Waals surface area contributed by atoms with Crippen molar-refractivity contribution >= 4 is 29.0 Å². The molecule has 0 heterocycles. The fourth-order valence-corrected chi connectivity index (χ4v) is 2.14. The number of hydrogen-bond acceptors (Lipinski definition) is 3. The first kappa shape index (κ1) is 14.1. The Morgan fingerprint density at radius 1 is 1.10 bits per heavy atom. The Balaban J connectivity index is 2.53. The molecule has 2 rings (SSSR count). The molecule has 0 aliphatic carbocycles. The number of nitrogen functional groups attached to an aromatic ring is 1. The molecule has 0 aliphatic rings. The van der Waals surface area contributed by atoms with E-state index in [0.29, 0.717) is 22.4 Å². The van der Waals surface area contributed by atoms with E-state index in [-0.39, 0.29) is 16.4 Å². The number of carbonyl (C=O) groups excluding carboxylic acids is 1. The SMILES string of the molecule is Cc1ccc(C(=O)O)cc1C(=O)c1ccc(N)cc1Cl. The zero-order chi connectivity index (χ0) is 14.9. The lowest BCUT2D eigenvalue weighted by molar-refractivity contribution is 0.0697. The highest BCUT2D eigenvalue weighted by Gasteiger charge is 2.17. The molecule has 5 heteroatoms. The third kappa shape index (κ3) is 2.65. The molecular weight excluding hydrogens is 278 g/mol. The summed E-state index contributed by atoms with van der Waals surface area (Å²) in [5, 5.41) is 9.24. The highest BCUT2D eigenvalue weighted by molar-refractivity contribution is 6.35. The second-order valence-electron chi connectivity index (χ2n) is 4.40. The zero-order valence-corrected chi connectivity index (χ0v) is 11.4. The molecule has 2 aromatic rings. The molecule has 0 amide bonds. The van der Waals surface area contributed by atoms with Gasteiger partial charge in [0, 0.05) is 16.8 Å². The van der Waals surface area contributed by atoms with Gasteiger partial charge in [-0.05, 0) is 42.8 Å². The van der Waals surface area contributed by atoms with Crippen LogP contribution in [0, 0.1) is 6.92 Å². The van der Waals surface area contributed by atoms with Gasteiger partial charge in [0.05, 0.1) is 10.6 Å². The first-order valence-corrected chi connectivity index (χ1v) is 6.21. The van der Waals surface area contributed by atoms with E-state index in [2.05, 4.69) is 0 Å². The molecular formula is C15H12ClNO3. The van der Waals surface area contributed by atoms with Crippen LogP contribution in [0.15, 0.2) is 36.4 Å². The summed E-state index contributed by atoms with van der Waals surface area (Å²) in [6, 6.07) is 9.02. The van der Waals surface area contributed by atoms with Crippen molar-refractivity contribution in [1.82, 2.24) is 0 Å². The molecule has 0 spiro atoms. The fourth-order valence-electron chi connectivity index (χ4n) is 1.86. The van der Waals surface area contributed by atoms with Crippen LogP contribution in [0.2, 0.25) is 5.02 Å². The average molecular weight is 290 g/mol. The van der Waals surface area contributed by atoms with Gasteiger partial charge in [-0.3, -0.25) is 4.79 Å². The lowest BCUT2D eigenvalue weighted by Gasteiger charge is -2.08. The van der Waals surface area contributed by atoms with E-state index in [1.54, 1.807) is 19.1 Å². The van der Waals surface area contributed by atoms with Crippen LogP contribution in [0.25, 0.3) is 0 Å². The summed E-state index contributed by atoms with van der Waals surface area (Å²) >= 11 is 6.01. The minimum Gasteiger partial charge on any atom is -0.478 e. The highest BCUT2D eigenvalue weighted by atomic mass is 35.5. The van der Waals surface area contributed by atoms with E-state index in [1.807, 2.05) is 0 Å². The number of carboxylic acids is 1. The molecule has 0 saturated heterocycles. The maximum atomic E-state index is 12.5. The van der Waals surface area contributed by atoms with Gasteiger partial charge >= 0.3 is 5.97 Å². The lowest BCUT2D eigenvalue weighted by Crippen LogP contribution is -2.07. The van der Waals surface area contributed by atoms with Gasteiger partial charge < -0.3 is 10.8 Å². The molecule has 0 aromatic heterocycles. The van der Waals surface area contributed by atoms with Crippen LogP contribution in [0.3, 0.4) is 0 Å². The Morgan fingerprint density at radius 3 is 2.40 bits per heavy atom. The second kappa shape index (κ2) is 5.35. The quantitative estimate of drug-likeness (QED) is 0.672. The third-order valence-corrected chi connectivity index (χ3v) is 3.28. The molecule has 0 atom stereocenters. The Hall–Kier alpha value is -2.33. The molecule has 2 aromatic carbocycles. The van der Waals surface area contributed by atoms with Gasteiger partial charge in [-0.1, -0.05) is 17.7 Å². The summed E-state index contributed by atoms with van der Waals surface area (Å²) < 4.78 is 0. The predicted molar refractivity (Wildman–Crippen MR) is 77.4 cm³/mol. The first-order valence-electron chi connectivity index (χ1n) is 5.84. The number of aryl methyl sites for hydroxylation is 1. The minimum atomic E-state index is -1.08. The first-order chi connectivity index (χ1) is 9.40. The molecule has 4 nitrogen and oxygen atoms in total. The smallest absolute Gasteiger partial charge is 0.335 e. The van der Waals surface area contributed by atoms with Crippen molar-refractivity contribution in [2.45, 2.75) is 6.92 Å². The van der Waals surface area contributed by atoms with Gasteiger partial charge in [0.15, 0.2) is 5.78 Å². The fraction of sp³-hybridized carbons (Fsp3) is 0.0667. The van der Waals surface area contributed by atoms with Crippen molar-refractivity contribution in [2.24, 2.45) is 0 Å². The highest BCUT2D eigenvalue weighted by Crippen LogP contribution is 2.24. The van der Waals surface area contributed by atoms with Gasteiger partial charge in [0.2, 0.25) is 0 Å². The number of anilines is 1. The van der Waals surface area contributed by atoms with Crippen molar-refractivity contribution in [3.8, 4) is 0 Å². The summed E-state index contributed by atoms with van der Waals surface area (Å²) in [5.41, 5.74) is 7.41. The van der Waals surface area contributed by atoms with Gasteiger partial charge in [-0.25, -0.2) is 4.79 Å². The Bertz CT molecular complexity index is 710. The molecule has 0 saturated carbocycles. The third-order valence-electron chi connectivity index (χ3n) is 2.97. The van der Waals surface area contributed by atoms with Crippen LogP contribution in [-0.4, -0.2) is 16.9 Å². The summed E-state index contributed by atoms with van der Waals surface area (Å²) in [4.78, 5) is 23.4. The molecule has 3 N–H and O–H groups in total. The molecule has 0 bridgehead atoms. The molecule has 0 fully saturated rings. The van der Waals surface area contributed by atoms with Gasteiger partial charge in [-0.2, -0.15) is 0 Å². The van der Waals surface area contributed by atoms with Crippen molar-refractivity contribution in [3.05, 3.63) is 63.7 Å². The number of halogens is 1. The van der Waals surface area contributed by atoms with Crippen molar-refractivity contribution in [2.75, 3.05) is 5.73 Å². The maximum Gasteiger partial charge on any atom is 0.335 e. The van der Waals surface area contributed by atoms with Crippen molar-refractivity contribution in [3.63, 3.8) is 0 Å². The number of nitrogens with two attached hydrogens (primary N) is 1. The number of hydrogen-bond donors (Lipinski definition) is 2. The van der Waals surface area contributed by atoms with Crippen LogP contribution in [-0.2, 0) is 0 Å². The molecule has 0 aliphatic heterocycles. The topological polar surface area (TPSA) is 80.4 Å². The van der Waals surface area contributed by atoms with E-state index in [4.69, 9.17) is 22.4 Å². The number of carbonyl (C=O) groups is 2. The van der Waals surface area contributed by atoms with Gasteiger partial charge in [0.25, 0.3) is 0 Å². The maximum absolute atomic E-state index is 12.5. The monoisotopic (exact) mass is 289 g/mol. The lowest BCUT2D eigenvalue weighted by atomic mass is 9.97. The molecule has 102 valence electrons. The summed E-state index contributed by atoms with van der Waals surface area (Å²) in [6.45, 7) is 1.74. The second-order valence-corrected chi connectivity index (χ2v) is 4.81. The number of carboxylic acid groups (broad SMARTS) is 1. The number of rotatable bonds is 3. The summed E-state index contributed by atoms with van der Waals surface area (Å²) in [6.07, 6.45) is 0. The number of aromatic carboxylic acids is 1. The number of ketones is 1. The summed E-state index contributed by atoms with van der Waals surface area (Å²) in [7, 11) is 0. The summed E-state index contributed by atoms with van der Waals surface area (Å²) in [5.74, 6) is -1.40. The Morgan fingerprint density at radius 2 is 1.80 bits per heavy atom. The minimum absolute atomic E-state index is 0.0607. The van der Waals surface area contributed by atoms with Crippen LogP contribution < -0.4 is 5.73 Å². The van der Waals surface area contributed by atoms with E-state index in [0.717, 1.165) is 0 Å². The van der Waals surface area contributed by atoms with Crippen molar-refractivity contribution < 1.29 is 14.7 Å². The van der Waals surface area contributed by atoms with Crippen LogP contribution in [0.1, 0.15) is 31.8 Å². The largest absolute Gasteiger partial charge is 0.478 e. The zero-order valence-electron chi connectivity index (χ0n) is 10.7. The molecule has 0 radical (unpaired) electrons. The number of benzene rings is 2. The van der Waals surface area contributed by atoms with E-state index in [9.17, 15) is 9.59 Å². The predicted octanol–water partition coefficient (Wildman–Crippen LogP) is 3.16. The Kier molecular flexibility index (Phi) is 3.77. The normalized spacial score (nSPS) is 10.3. The molecule has 0 unspecified atom stereocenters. The van der Waals surface area contributed by atoms with E-state index in [1.165, 1.54) is 24.3 Å². The van der Waals surface area contributed by atoms with Crippen molar-refractivity contribution in [1.29, 1.82) is 0 Å². The van der Waals surface area contributed by atoms with Gasteiger partial charge in [-0.15, -0.1) is 0 Å².